The van der Waals surface area contributed by atoms with Crippen LogP contribution in [0.5, 0.6) is 0 Å². The van der Waals surface area contributed by atoms with Gasteiger partial charge >= 0.3 is 0 Å². The number of nitrogens with one attached hydrogen (secondary N) is 1. The zero-order chi connectivity index (χ0) is 15.8. The van der Waals surface area contributed by atoms with Crippen LogP contribution >= 0.6 is 0 Å². The Balaban J connectivity index is 1.71. The number of aromatic nitrogens is 1. The first-order valence-corrected chi connectivity index (χ1v) is 9.01. The molecule has 0 saturated heterocycles. The predicted octanol–water partition coefficient (Wildman–Crippen LogP) is 5.00. The summed E-state index contributed by atoms with van der Waals surface area (Å²) in [5.74, 6) is 1.65. The van der Waals surface area contributed by atoms with Crippen LogP contribution in [0.1, 0.15) is 88.3 Å². The molecule has 1 heterocycles. The fraction of sp³-hybridized carbons (Fsp3) is 0.684. The molecule has 3 N–H and O–H groups in total. The second kappa shape index (κ2) is 8.92. The number of pyridine rings is 1. The fourth-order valence-corrected chi connectivity index (χ4v) is 3.59. The van der Waals surface area contributed by atoms with Gasteiger partial charge in [-0.05, 0) is 43.7 Å². The number of hydrogen-bond donors (Lipinski definition) is 2. The maximum atomic E-state index is 7.42. The van der Waals surface area contributed by atoms with Crippen molar-refractivity contribution in [2.45, 2.75) is 77.0 Å². The quantitative estimate of drug-likeness (QED) is 0.403. The summed E-state index contributed by atoms with van der Waals surface area (Å²) >= 11 is 0. The third-order valence-electron chi connectivity index (χ3n) is 5.08. The molecular weight excluding hydrogens is 270 g/mol. The molecular formula is C19H31N3. The minimum absolute atomic E-state index is 0.103. The first kappa shape index (κ1) is 17.0. The van der Waals surface area contributed by atoms with E-state index in [-0.39, 0.29) is 5.84 Å². The summed E-state index contributed by atoms with van der Waals surface area (Å²) in [6, 6.07) is 4.00. The average Bonchev–Trinajstić information content (AvgIpc) is 2.55. The molecule has 0 radical (unpaired) electrons. The zero-order valence-corrected chi connectivity index (χ0v) is 14.0. The van der Waals surface area contributed by atoms with Gasteiger partial charge in [-0.1, -0.05) is 45.4 Å². The molecule has 3 nitrogen and oxygen atoms in total. The Morgan fingerprint density at radius 3 is 2.45 bits per heavy atom. The van der Waals surface area contributed by atoms with Crippen LogP contribution in [0.25, 0.3) is 0 Å². The van der Waals surface area contributed by atoms with Crippen molar-refractivity contribution in [2.75, 3.05) is 0 Å². The molecule has 0 amide bonds. The van der Waals surface area contributed by atoms with Gasteiger partial charge < -0.3 is 5.73 Å². The first-order valence-electron chi connectivity index (χ1n) is 9.01. The van der Waals surface area contributed by atoms with Crippen LogP contribution in [0.3, 0.4) is 0 Å². The number of nitrogens with zero attached hydrogens (tertiary/aromatic N) is 1. The summed E-state index contributed by atoms with van der Waals surface area (Å²) < 4.78 is 0. The van der Waals surface area contributed by atoms with Gasteiger partial charge in [-0.15, -0.1) is 0 Å². The van der Waals surface area contributed by atoms with E-state index in [9.17, 15) is 0 Å². The Hall–Kier alpha value is -1.38. The zero-order valence-electron chi connectivity index (χ0n) is 14.0. The molecule has 0 spiro atoms. The molecule has 1 fully saturated rings. The molecule has 22 heavy (non-hydrogen) atoms. The minimum Gasteiger partial charge on any atom is -0.384 e. The van der Waals surface area contributed by atoms with E-state index in [1.54, 1.807) is 6.20 Å². The number of nitrogen functional groups attached to an aromatic ring is 1. The maximum Gasteiger partial charge on any atom is 0.124 e. The second-order valence-corrected chi connectivity index (χ2v) is 6.81. The Kier molecular flexibility index (Phi) is 6.88. The molecule has 1 aliphatic carbocycles. The average molecular weight is 301 g/mol. The van der Waals surface area contributed by atoms with Gasteiger partial charge in [-0.3, -0.25) is 10.4 Å². The maximum absolute atomic E-state index is 7.42. The highest BCUT2D eigenvalue weighted by Crippen LogP contribution is 2.37. The molecule has 3 heteroatoms. The van der Waals surface area contributed by atoms with E-state index in [2.05, 4.69) is 18.0 Å². The van der Waals surface area contributed by atoms with E-state index in [0.29, 0.717) is 5.92 Å². The van der Waals surface area contributed by atoms with Gasteiger partial charge in [-0.2, -0.15) is 0 Å². The minimum atomic E-state index is 0.103. The van der Waals surface area contributed by atoms with Crippen molar-refractivity contribution in [2.24, 2.45) is 11.7 Å². The molecule has 0 aromatic carbocycles. The number of amidine groups is 1. The van der Waals surface area contributed by atoms with Gasteiger partial charge in [-0.25, -0.2) is 0 Å². The number of rotatable bonds is 8. The van der Waals surface area contributed by atoms with Crippen LogP contribution < -0.4 is 5.73 Å². The van der Waals surface area contributed by atoms with Gasteiger partial charge in [0, 0.05) is 23.4 Å². The summed E-state index contributed by atoms with van der Waals surface area (Å²) in [6.07, 6.45) is 15.4. The number of hydrogen-bond acceptors (Lipinski definition) is 2. The van der Waals surface area contributed by atoms with Crippen molar-refractivity contribution < 1.29 is 0 Å². The normalized spacial score (nSPS) is 21.7. The summed E-state index contributed by atoms with van der Waals surface area (Å²) in [5, 5.41) is 7.42. The lowest BCUT2D eigenvalue weighted by Gasteiger charge is -2.28. The summed E-state index contributed by atoms with van der Waals surface area (Å²) in [4.78, 5) is 4.52. The van der Waals surface area contributed by atoms with Crippen molar-refractivity contribution in [1.29, 1.82) is 5.41 Å². The smallest absolute Gasteiger partial charge is 0.124 e. The third kappa shape index (κ3) is 5.11. The molecule has 1 saturated carbocycles. The lowest BCUT2D eigenvalue weighted by atomic mass is 9.78. The van der Waals surface area contributed by atoms with E-state index in [0.717, 1.165) is 11.5 Å². The number of unbranched alkanes of at least 4 members (excludes halogenated alkanes) is 4. The largest absolute Gasteiger partial charge is 0.384 e. The van der Waals surface area contributed by atoms with Crippen molar-refractivity contribution >= 4 is 5.84 Å². The van der Waals surface area contributed by atoms with Crippen molar-refractivity contribution in [3.8, 4) is 0 Å². The molecule has 122 valence electrons. The molecule has 2 rings (SSSR count). The third-order valence-corrected chi connectivity index (χ3v) is 5.08. The van der Waals surface area contributed by atoms with E-state index in [1.807, 2.05) is 6.07 Å². The highest BCUT2D eigenvalue weighted by atomic mass is 14.7. The predicted molar refractivity (Wildman–Crippen MR) is 93.3 cm³/mol. The second-order valence-electron chi connectivity index (χ2n) is 6.81. The summed E-state index contributed by atoms with van der Waals surface area (Å²) in [5.41, 5.74) is 7.39. The van der Waals surface area contributed by atoms with Crippen LogP contribution in [0.4, 0.5) is 0 Å². The Bertz CT molecular complexity index is 444. The van der Waals surface area contributed by atoms with Gasteiger partial charge in [0.15, 0.2) is 0 Å². The van der Waals surface area contributed by atoms with Crippen LogP contribution in [0.15, 0.2) is 18.3 Å². The lowest BCUT2D eigenvalue weighted by Crippen LogP contribution is -2.15. The Labute approximate surface area is 135 Å². The molecule has 0 unspecified atom stereocenters. The van der Waals surface area contributed by atoms with Crippen molar-refractivity contribution in [3.63, 3.8) is 0 Å². The summed E-state index contributed by atoms with van der Waals surface area (Å²) in [7, 11) is 0. The molecule has 0 aliphatic heterocycles. The van der Waals surface area contributed by atoms with E-state index >= 15 is 0 Å². The summed E-state index contributed by atoms with van der Waals surface area (Å²) in [6.45, 7) is 2.28. The van der Waals surface area contributed by atoms with Crippen LogP contribution in [-0.2, 0) is 0 Å². The van der Waals surface area contributed by atoms with Crippen LogP contribution in [0.2, 0.25) is 0 Å². The number of nitrogens with two attached hydrogens (primary N) is 1. The first-order chi connectivity index (χ1) is 10.7. The molecule has 1 aromatic heterocycles. The SMILES string of the molecule is CCCCCCCC1CCC(c2ccc(C(=N)N)cn2)CC1. The van der Waals surface area contributed by atoms with E-state index in [4.69, 9.17) is 11.1 Å². The highest BCUT2D eigenvalue weighted by Gasteiger charge is 2.22. The molecule has 1 aromatic rings. The van der Waals surface area contributed by atoms with Crippen LogP contribution in [0, 0.1) is 11.3 Å². The van der Waals surface area contributed by atoms with Gasteiger partial charge in [0.05, 0.1) is 0 Å². The van der Waals surface area contributed by atoms with Crippen molar-refractivity contribution in [3.05, 3.63) is 29.6 Å². The van der Waals surface area contributed by atoms with E-state index in [1.165, 1.54) is 69.9 Å². The highest BCUT2D eigenvalue weighted by molar-refractivity contribution is 5.94. The molecule has 1 aliphatic rings. The fourth-order valence-electron chi connectivity index (χ4n) is 3.59. The Morgan fingerprint density at radius 1 is 1.14 bits per heavy atom. The molecule has 0 atom stereocenters. The van der Waals surface area contributed by atoms with E-state index < -0.39 is 0 Å². The Morgan fingerprint density at radius 2 is 1.86 bits per heavy atom. The monoisotopic (exact) mass is 301 g/mol. The van der Waals surface area contributed by atoms with Gasteiger partial charge in [0.1, 0.15) is 5.84 Å². The molecule has 0 bridgehead atoms. The lowest BCUT2D eigenvalue weighted by molar-refractivity contribution is 0.299. The van der Waals surface area contributed by atoms with Crippen molar-refractivity contribution in [1.82, 2.24) is 4.98 Å². The van der Waals surface area contributed by atoms with Gasteiger partial charge in [0.25, 0.3) is 0 Å². The topological polar surface area (TPSA) is 62.8 Å². The van der Waals surface area contributed by atoms with Crippen LogP contribution in [-0.4, -0.2) is 10.8 Å². The standard InChI is InChI=1S/C19H31N3/c1-2-3-4-5-6-7-15-8-10-16(11-9-15)18-13-12-17(14-22-18)19(20)21/h12-16H,2-11H2,1H3,(H3,20,21). The van der Waals surface area contributed by atoms with Gasteiger partial charge in [0.2, 0.25) is 0 Å².